The van der Waals surface area contributed by atoms with Crippen LogP contribution in [0.25, 0.3) is 0 Å². The number of furan rings is 1. The van der Waals surface area contributed by atoms with E-state index in [1.807, 2.05) is 25.1 Å². The highest BCUT2D eigenvalue weighted by Crippen LogP contribution is 2.22. The van der Waals surface area contributed by atoms with Crippen molar-refractivity contribution in [3.8, 4) is 5.75 Å². The van der Waals surface area contributed by atoms with E-state index in [9.17, 15) is 9.18 Å². The van der Waals surface area contributed by atoms with Gasteiger partial charge in [0.25, 0.3) is 5.91 Å². The molecule has 4 nitrogen and oxygen atoms in total. The van der Waals surface area contributed by atoms with Crippen LogP contribution in [0.1, 0.15) is 16.9 Å². The molecule has 0 saturated carbocycles. The molecular weight excluding hydrogens is 369 g/mol. The Bertz CT molecular complexity index is 891. The van der Waals surface area contributed by atoms with Crippen LogP contribution in [0.3, 0.4) is 0 Å². The SMILES string of the molecule is Cc1ccccc1OCC(=O)N(Cc1ccco1)Cc1c(F)cccc1Cl. The number of carbonyl (C=O) groups is 1. The summed E-state index contributed by atoms with van der Waals surface area (Å²) < 4.78 is 25.2. The second kappa shape index (κ2) is 8.73. The van der Waals surface area contributed by atoms with Gasteiger partial charge in [-0.25, -0.2) is 4.39 Å². The normalized spacial score (nSPS) is 10.6. The molecule has 27 heavy (non-hydrogen) atoms. The van der Waals surface area contributed by atoms with Crippen LogP contribution < -0.4 is 4.74 Å². The van der Waals surface area contributed by atoms with Crippen molar-refractivity contribution in [1.29, 1.82) is 0 Å². The van der Waals surface area contributed by atoms with Crippen molar-refractivity contribution in [3.05, 3.63) is 88.6 Å². The molecule has 6 heteroatoms. The van der Waals surface area contributed by atoms with Gasteiger partial charge >= 0.3 is 0 Å². The van der Waals surface area contributed by atoms with Crippen molar-refractivity contribution in [3.63, 3.8) is 0 Å². The Morgan fingerprint density at radius 1 is 1.11 bits per heavy atom. The highest BCUT2D eigenvalue weighted by Gasteiger charge is 2.20. The van der Waals surface area contributed by atoms with Gasteiger partial charge in [-0.1, -0.05) is 35.9 Å². The van der Waals surface area contributed by atoms with E-state index in [-0.39, 0.29) is 36.2 Å². The van der Waals surface area contributed by atoms with Crippen LogP contribution in [0.4, 0.5) is 4.39 Å². The highest BCUT2D eigenvalue weighted by molar-refractivity contribution is 6.31. The van der Waals surface area contributed by atoms with Crippen molar-refractivity contribution < 1.29 is 18.3 Å². The molecule has 0 unspecified atom stereocenters. The summed E-state index contributed by atoms with van der Waals surface area (Å²) in [6.07, 6.45) is 1.53. The van der Waals surface area contributed by atoms with Gasteiger partial charge in [0.2, 0.25) is 0 Å². The zero-order valence-corrected chi connectivity index (χ0v) is 15.6. The number of aryl methyl sites for hydroxylation is 1. The van der Waals surface area contributed by atoms with Gasteiger partial charge in [0.05, 0.1) is 19.4 Å². The third-order valence-corrected chi connectivity index (χ3v) is 4.49. The second-order valence-electron chi connectivity index (χ2n) is 6.08. The monoisotopic (exact) mass is 387 g/mol. The van der Waals surface area contributed by atoms with E-state index in [4.69, 9.17) is 20.8 Å². The first-order chi connectivity index (χ1) is 13.0. The fourth-order valence-corrected chi connectivity index (χ4v) is 2.87. The molecule has 0 bridgehead atoms. The molecule has 2 aromatic carbocycles. The number of carbonyl (C=O) groups excluding carboxylic acids is 1. The number of rotatable bonds is 7. The molecular formula is C21H19ClFNO3. The van der Waals surface area contributed by atoms with Crippen LogP contribution in [-0.2, 0) is 17.9 Å². The molecule has 1 amide bonds. The van der Waals surface area contributed by atoms with Gasteiger partial charge < -0.3 is 14.1 Å². The van der Waals surface area contributed by atoms with Crippen LogP contribution in [0.2, 0.25) is 5.02 Å². The maximum atomic E-state index is 14.2. The molecule has 0 aliphatic heterocycles. The first-order valence-electron chi connectivity index (χ1n) is 8.46. The first kappa shape index (κ1) is 19.0. The Balaban J connectivity index is 1.76. The first-order valence-corrected chi connectivity index (χ1v) is 8.84. The van der Waals surface area contributed by atoms with Crippen LogP contribution in [0.5, 0.6) is 5.75 Å². The third kappa shape index (κ3) is 4.89. The number of ether oxygens (including phenoxy) is 1. The molecule has 0 aliphatic rings. The molecule has 1 aromatic heterocycles. The predicted octanol–water partition coefficient (Wildman–Crippen LogP) is 4.99. The lowest BCUT2D eigenvalue weighted by atomic mass is 10.2. The Kier molecular flexibility index (Phi) is 6.14. The van der Waals surface area contributed by atoms with Crippen molar-refractivity contribution in [1.82, 2.24) is 4.90 Å². The average Bonchev–Trinajstić information content (AvgIpc) is 3.16. The Morgan fingerprint density at radius 2 is 1.93 bits per heavy atom. The topological polar surface area (TPSA) is 42.7 Å². The van der Waals surface area contributed by atoms with Crippen LogP contribution in [0, 0.1) is 12.7 Å². The molecule has 0 aliphatic carbocycles. The lowest BCUT2D eigenvalue weighted by Gasteiger charge is -2.23. The summed E-state index contributed by atoms with van der Waals surface area (Å²) in [5.74, 6) is 0.466. The fourth-order valence-electron chi connectivity index (χ4n) is 2.65. The summed E-state index contributed by atoms with van der Waals surface area (Å²) in [5.41, 5.74) is 1.19. The lowest BCUT2D eigenvalue weighted by Crippen LogP contribution is -2.34. The minimum Gasteiger partial charge on any atom is -0.484 e. The highest BCUT2D eigenvalue weighted by atomic mass is 35.5. The molecule has 0 saturated heterocycles. The molecule has 1 heterocycles. The number of halogens is 2. The minimum atomic E-state index is -0.459. The summed E-state index contributed by atoms with van der Waals surface area (Å²) in [5, 5.41) is 0.270. The molecule has 0 spiro atoms. The zero-order valence-electron chi connectivity index (χ0n) is 14.8. The summed E-state index contributed by atoms with van der Waals surface area (Å²) >= 11 is 6.12. The Hall–Kier alpha value is -2.79. The molecule has 140 valence electrons. The Morgan fingerprint density at radius 3 is 2.63 bits per heavy atom. The molecule has 3 rings (SSSR count). The van der Waals surface area contributed by atoms with E-state index in [1.165, 1.54) is 23.3 Å². The van der Waals surface area contributed by atoms with Gasteiger partial charge in [0.1, 0.15) is 17.3 Å². The van der Waals surface area contributed by atoms with Crippen molar-refractivity contribution >= 4 is 17.5 Å². The van der Waals surface area contributed by atoms with Crippen LogP contribution in [0.15, 0.2) is 65.3 Å². The largest absolute Gasteiger partial charge is 0.484 e. The number of hydrogen-bond donors (Lipinski definition) is 0. The van der Waals surface area contributed by atoms with Gasteiger partial charge in [0, 0.05) is 10.6 Å². The van der Waals surface area contributed by atoms with Crippen molar-refractivity contribution in [2.24, 2.45) is 0 Å². The van der Waals surface area contributed by atoms with Gasteiger partial charge in [0.15, 0.2) is 6.61 Å². The maximum absolute atomic E-state index is 14.2. The molecule has 0 atom stereocenters. The summed E-state index contributed by atoms with van der Waals surface area (Å²) in [7, 11) is 0. The zero-order chi connectivity index (χ0) is 19.2. The maximum Gasteiger partial charge on any atom is 0.261 e. The quantitative estimate of drug-likeness (QED) is 0.573. The van der Waals surface area contributed by atoms with Gasteiger partial charge in [-0.15, -0.1) is 0 Å². The number of para-hydroxylation sites is 1. The van der Waals surface area contributed by atoms with E-state index in [0.29, 0.717) is 11.5 Å². The number of nitrogens with zero attached hydrogens (tertiary/aromatic N) is 1. The van der Waals surface area contributed by atoms with Gasteiger partial charge in [-0.05, 0) is 42.8 Å². The van der Waals surface area contributed by atoms with Crippen LogP contribution in [-0.4, -0.2) is 17.4 Å². The number of amides is 1. The summed E-state index contributed by atoms with van der Waals surface area (Å²) in [6.45, 7) is 1.94. The third-order valence-electron chi connectivity index (χ3n) is 4.13. The van der Waals surface area contributed by atoms with Gasteiger partial charge in [-0.2, -0.15) is 0 Å². The minimum absolute atomic E-state index is 0.0160. The van der Waals surface area contributed by atoms with Crippen molar-refractivity contribution in [2.45, 2.75) is 20.0 Å². The molecule has 0 N–H and O–H groups in total. The number of benzene rings is 2. The molecule has 3 aromatic rings. The van der Waals surface area contributed by atoms with Crippen LogP contribution >= 0.6 is 11.6 Å². The average molecular weight is 388 g/mol. The lowest BCUT2D eigenvalue weighted by molar-refractivity contribution is -0.134. The summed E-state index contributed by atoms with van der Waals surface area (Å²) in [4.78, 5) is 14.2. The smallest absolute Gasteiger partial charge is 0.261 e. The van der Waals surface area contributed by atoms with E-state index >= 15 is 0 Å². The second-order valence-corrected chi connectivity index (χ2v) is 6.49. The molecule has 0 fully saturated rings. The van der Waals surface area contributed by atoms with E-state index in [0.717, 1.165) is 5.56 Å². The fraction of sp³-hybridized carbons (Fsp3) is 0.190. The predicted molar refractivity (Wildman–Crippen MR) is 101 cm³/mol. The van der Waals surface area contributed by atoms with Crippen molar-refractivity contribution in [2.75, 3.05) is 6.61 Å². The van der Waals surface area contributed by atoms with Gasteiger partial charge in [-0.3, -0.25) is 4.79 Å². The standard InChI is InChI=1S/C21H19ClFNO3/c1-15-6-2-3-10-20(15)27-14-21(25)24(12-16-7-5-11-26-16)13-17-18(22)8-4-9-19(17)23/h2-11H,12-14H2,1H3. The van der Waals surface area contributed by atoms with E-state index < -0.39 is 5.82 Å². The Labute approximate surface area is 162 Å². The summed E-state index contributed by atoms with van der Waals surface area (Å²) in [6, 6.07) is 15.4. The van der Waals surface area contributed by atoms with E-state index in [1.54, 1.807) is 24.3 Å². The molecule has 0 radical (unpaired) electrons. The van der Waals surface area contributed by atoms with E-state index in [2.05, 4.69) is 0 Å². The number of hydrogen-bond acceptors (Lipinski definition) is 3.